The zero-order chi connectivity index (χ0) is 7.98. The van der Waals surface area contributed by atoms with Gasteiger partial charge in [-0.2, -0.15) is 0 Å². The lowest BCUT2D eigenvalue weighted by Crippen LogP contribution is -2.46. The number of aliphatic hydroxyl groups is 2. The van der Waals surface area contributed by atoms with Crippen LogP contribution >= 0.6 is 0 Å². The second kappa shape index (κ2) is 5.61. The Kier molecular flexibility index (Phi) is 5.52. The van der Waals surface area contributed by atoms with E-state index in [0.717, 1.165) is 6.54 Å². The zero-order valence-corrected chi connectivity index (χ0v) is 6.46. The largest absolute Gasteiger partial charge is 0.381 e. The first-order valence-corrected chi connectivity index (χ1v) is 3.48. The van der Waals surface area contributed by atoms with Crippen molar-refractivity contribution in [1.29, 1.82) is 0 Å². The fraction of sp³-hybridized carbons (Fsp3) is 1.00. The van der Waals surface area contributed by atoms with Crippen LogP contribution in [-0.4, -0.2) is 35.8 Å². The van der Waals surface area contributed by atoms with E-state index in [2.05, 4.69) is 10.6 Å². The van der Waals surface area contributed by atoms with Crippen LogP contribution < -0.4 is 10.6 Å². The van der Waals surface area contributed by atoms with Crippen LogP contribution in [0.3, 0.4) is 0 Å². The third-order valence-electron chi connectivity index (χ3n) is 1.30. The van der Waals surface area contributed by atoms with Gasteiger partial charge >= 0.3 is 0 Å². The molecule has 0 saturated carbocycles. The average Bonchev–Trinajstić information content (AvgIpc) is 1.89. The standard InChI is InChI=1S/C6H16N2O2/c1-3-7-6(10)5(2)8-4-9/h5-10H,3-4H2,1-2H3/t5-,6?/m0/s1. The van der Waals surface area contributed by atoms with E-state index in [1.807, 2.05) is 6.92 Å². The molecule has 4 heteroatoms. The van der Waals surface area contributed by atoms with Crippen molar-refractivity contribution in [3.8, 4) is 0 Å². The summed E-state index contributed by atoms with van der Waals surface area (Å²) in [6.45, 7) is 4.32. The first-order valence-electron chi connectivity index (χ1n) is 3.48. The van der Waals surface area contributed by atoms with Gasteiger partial charge in [0.1, 0.15) is 6.23 Å². The summed E-state index contributed by atoms with van der Waals surface area (Å²) in [7, 11) is 0. The normalized spacial score (nSPS) is 16.8. The fourth-order valence-corrected chi connectivity index (χ4v) is 0.642. The van der Waals surface area contributed by atoms with E-state index in [0.29, 0.717) is 0 Å². The van der Waals surface area contributed by atoms with Gasteiger partial charge < -0.3 is 10.2 Å². The highest BCUT2D eigenvalue weighted by atomic mass is 16.3. The second-order valence-electron chi connectivity index (χ2n) is 2.15. The predicted octanol–water partition coefficient (Wildman–Crippen LogP) is -1.16. The van der Waals surface area contributed by atoms with Gasteiger partial charge in [0.25, 0.3) is 0 Å². The SMILES string of the molecule is CCNC(O)[C@H](C)NCO. The van der Waals surface area contributed by atoms with Crippen molar-refractivity contribution in [2.24, 2.45) is 0 Å². The highest BCUT2D eigenvalue weighted by Gasteiger charge is 2.09. The number of aliphatic hydroxyl groups excluding tert-OH is 2. The predicted molar refractivity (Wildman–Crippen MR) is 39.4 cm³/mol. The molecular weight excluding hydrogens is 132 g/mol. The minimum atomic E-state index is -0.586. The lowest BCUT2D eigenvalue weighted by molar-refractivity contribution is 0.0875. The highest BCUT2D eigenvalue weighted by Crippen LogP contribution is 1.85. The quantitative estimate of drug-likeness (QED) is 0.371. The van der Waals surface area contributed by atoms with E-state index >= 15 is 0 Å². The summed E-state index contributed by atoms with van der Waals surface area (Å²) in [4.78, 5) is 0. The van der Waals surface area contributed by atoms with Crippen molar-refractivity contribution in [2.75, 3.05) is 13.3 Å². The van der Waals surface area contributed by atoms with E-state index in [4.69, 9.17) is 10.2 Å². The summed E-state index contributed by atoms with van der Waals surface area (Å²) >= 11 is 0. The molecule has 0 aliphatic heterocycles. The van der Waals surface area contributed by atoms with Gasteiger partial charge in [-0.05, 0) is 13.5 Å². The van der Waals surface area contributed by atoms with Crippen molar-refractivity contribution >= 4 is 0 Å². The number of likely N-dealkylation sites (N-methyl/N-ethyl adjacent to an activating group) is 1. The van der Waals surface area contributed by atoms with Gasteiger partial charge in [-0.15, -0.1) is 0 Å². The summed E-state index contributed by atoms with van der Waals surface area (Å²) in [5.41, 5.74) is 0. The molecule has 4 N–H and O–H groups in total. The van der Waals surface area contributed by atoms with Crippen molar-refractivity contribution in [3.05, 3.63) is 0 Å². The smallest absolute Gasteiger partial charge is 0.120 e. The van der Waals surface area contributed by atoms with Gasteiger partial charge in [-0.3, -0.25) is 10.6 Å². The molecule has 0 rings (SSSR count). The third-order valence-corrected chi connectivity index (χ3v) is 1.30. The molecule has 10 heavy (non-hydrogen) atoms. The van der Waals surface area contributed by atoms with Crippen LogP contribution in [0.2, 0.25) is 0 Å². The molecule has 1 unspecified atom stereocenters. The molecule has 0 saturated heterocycles. The molecule has 0 spiro atoms. The minimum absolute atomic E-state index is 0.108. The van der Waals surface area contributed by atoms with Crippen LogP contribution in [0.1, 0.15) is 13.8 Å². The van der Waals surface area contributed by atoms with Gasteiger partial charge in [0.15, 0.2) is 0 Å². The van der Waals surface area contributed by atoms with E-state index in [9.17, 15) is 0 Å². The number of hydrogen-bond acceptors (Lipinski definition) is 4. The van der Waals surface area contributed by atoms with Crippen molar-refractivity contribution < 1.29 is 10.2 Å². The van der Waals surface area contributed by atoms with E-state index in [1.165, 1.54) is 0 Å². The molecule has 0 amide bonds. The van der Waals surface area contributed by atoms with Gasteiger partial charge in [0.05, 0.1) is 6.73 Å². The minimum Gasteiger partial charge on any atom is -0.381 e. The van der Waals surface area contributed by atoms with Gasteiger partial charge in [0.2, 0.25) is 0 Å². The molecule has 0 heterocycles. The Morgan fingerprint density at radius 1 is 1.40 bits per heavy atom. The molecule has 0 aromatic rings. The van der Waals surface area contributed by atoms with Crippen LogP contribution in [0.25, 0.3) is 0 Å². The fourth-order valence-electron chi connectivity index (χ4n) is 0.642. The lowest BCUT2D eigenvalue weighted by atomic mass is 10.3. The Morgan fingerprint density at radius 2 is 2.00 bits per heavy atom. The topological polar surface area (TPSA) is 64.5 Å². The summed E-state index contributed by atoms with van der Waals surface area (Å²) in [5, 5.41) is 23.1. The summed E-state index contributed by atoms with van der Waals surface area (Å²) in [6.07, 6.45) is -0.586. The maximum atomic E-state index is 9.16. The molecule has 0 aliphatic rings. The molecule has 0 aliphatic carbocycles. The summed E-state index contributed by atoms with van der Waals surface area (Å²) in [6, 6.07) is -0.120. The Labute approximate surface area is 61.3 Å². The third kappa shape index (κ3) is 3.79. The number of rotatable bonds is 5. The van der Waals surface area contributed by atoms with Crippen LogP contribution in [0.4, 0.5) is 0 Å². The molecule has 0 radical (unpaired) electrons. The molecule has 2 atom stereocenters. The van der Waals surface area contributed by atoms with Crippen molar-refractivity contribution in [2.45, 2.75) is 26.1 Å². The molecular formula is C6H16N2O2. The highest BCUT2D eigenvalue weighted by molar-refractivity contribution is 4.65. The monoisotopic (exact) mass is 148 g/mol. The summed E-state index contributed by atoms with van der Waals surface area (Å²) in [5.74, 6) is 0. The van der Waals surface area contributed by atoms with Crippen molar-refractivity contribution in [1.82, 2.24) is 10.6 Å². The van der Waals surface area contributed by atoms with Gasteiger partial charge in [-0.1, -0.05) is 6.92 Å². The molecule has 0 bridgehead atoms. The first-order chi connectivity index (χ1) is 4.72. The Morgan fingerprint density at radius 3 is 2.40 bits per heavy atom. The molecule has 4 nitrogen and oxygen atoms in total. The number of nitrogens with one attached hydrogen (secondary N) is 2. The van der Waals surface area contributed by atoms with Gasteiger partial charge in [-0.25, -0.2) is 0 Å². The average molecular weight is 148 g/mol. The van der Waals surface area contributed by atoms with Gasteiger partial charge in [0, 0.05) is 6.04 Å². The van der Waals surface area contributed by atoms with E-state index in [-0.39, 0.29) is 12.8 Å². The zero-order valence-electron chi connectivity index (χ0n) is 6.46. The molecule has 0 fully saturated rings. The van der Waals surface area contributed by atoms with Crippen molar-refractivity contribution in [3.63, 3.8) is 0 Å². The maximum Gasteiger partial charge on any atom is 0.120 e. The van der Waals surface area contributed by atoms with E-state index < -0.39 is 6.23 Å². The molecule has 0 aromatic carbocycles. The van der Waals surface area contributed by atoms with E-state index in [1.54, 1.807) is 6.92 Å². The Hall–Kier alpha value is -0.160. The lowest BCUT2D eigenvalue weighted by Gasteiger charge is -2.19. The first kappa shape index (κ1) is 9.84. The Balaban J connectivity index is 3.38. The van der Waals surface area contributed by atoms with Crippen LogP contribution in [0.15, 0.2) is 0 Å². The van der Waals surface area contributed by atoms with Crippen LogP contribution in [0.5, 0.6) is 0 Å². The number of hydrogen-bond donors (Lipinski definition) is 4. The molecule has 0 aromatic heterocycles. The van der Waals surface area contributed by atoms with Crippen LogP contribution in [0, 0.1) is 0 Å². The summed E-state index contributed by atoms with van der Waals surface area (Å²) < 4.78 is 0. The maximum absolute atomic E-state index is 9.16. The van der Waals surface area contributed by atoms with Crippen LogP contribution in [-0.2, 0) is 0 Å². The molecule has 62 valence electrons. The second-order valence-corrected chi connectivity index (χ2v) is 2.15. The Bertz CT molecular complexity index is 70.1.